The molecule has 1 heterocycles. The predicted molar refractivity (Wildman–Crippen MR) is 67.9 cm³/mol. The molecular formula is C10H10BCl2NO3. The molecule has 17 heavy (non-hydrogen) atoms. The highest BCUT2D eigenvalue weighted by Gasteiger charge is 2.30. The fourth-order valence-electron chi connectivity index (χ4n) is 1.79. The first kappa shape index (κ1) is 12.7. The molecule has 90 valence electrons. The number of carbonyl (C=O) groups excluding carboxylic acids is 1. The van der Waals surface area contributed by atoms with Gasteiger partial charge in [0.2, 0.25) is 5.91 Å². The number of halogens is 2. The van der Waals surface area contributed by atoms with E-state index < -0.39 is 7.12 Å². The van der Waals surface area contributed by atoms with Gasteiger partial charge in [0.15, 0.2) is 0 Å². The van der Waals surface area contributed by atoms with Crippen LogP contribution in [0.15, 0.2) is 18.2 Å². The van der Waals surface area contributed by atoms with Crippen molar-refractivity contribution in [3.63, 3.8) is 0 Å². The van der Waals surface area contributed by atoms with Crippen LogP contribution in [-0.4, -0.2) is 35.0 Å². The van der Waals surface area contributed by atoms with E-state index in [1.165, 1.54) is 23.1 Å². The lowest BCUT2D eigenvalue weighted by Gasteiger charge is -2.18. The molecule has 0 aliphatic carbocycles. The number of benzene rings is 1. The lowest BCUT2D eigenvalue weighted by molar-refractivity contribution is -0.117. The summed E-state index contributed by atoms with van der Waals surface area (Å²) in [6.07, 6.45) is 0.268. The number of alkyl halides is 1. The van der Waals surface area contributed by atoms with Crippen LogP contribution in [0.1, 0.15) is 6.42 Å². The van der Waals surface area contributed by atoms with Crippen LogP contribution in [0.5, 0.6) is 0 Å². The fraction of sp³-hybridized carbons (Fsp3) is 0.300. The summed E-state index contributed by atoms with van der Waals surface area (Å²) in [6, 6.07) is 4.51. The summed E-state index contributed by atoms with van der Waals surface area (Å²) in [5.41, 5.74) is 0.751. The highest BCUT2D eigenvalue weighted by atomic mass is 35.5. The fourth-order valence-corrected chi connectivity index (χ4v) is 2.28. The van der Waals surface area contributed by atoms with E-state index in [1.54, 1.807) is 0 Å². The zero-order valence-corrected chi connectivity index (χ0v) is 10.3. The van der Waals surface area contributed by atoms with Crippen LogP contribution < -0.4 is 10.4 Å². The van der Waals surface area contributed by atoms with Crippen LogP contribution >= 0.6 is 23.2 Å². The Hall–Kier alpha value is -0.745. The third kappa shape index (κ3) is 2.58. The Morgan fingerprint density at radius 3 is 2.65 bits per heavy atom. The van der Waals surface area contributed by atoms with Crippen molar-refractivity contribution >= 4 is 47.4 Å². The summed E-state index contributed by atoms with van der Waals surface area (Å²) in [5.74, 6) is -0.114. The Morgan fingerprint density at radius 2 is 2.12 bits per heavy atom. The minimum absolute atomic E-state index is 0.114. The predicted octanol–water partition coefficient (Wildman–Crippen LogP) is 0.364. The topological polar surface area (TPSA) is 60.8 Å². The van der Waals surface area contributed by atoms with Gasteiger partial charge in [-0.1, -0.05) is 17.7 Å². The van der Waals surface area contributed by atoms with E-state index >= 15 is 0 Å². The molecule has 0 bridgehead atoms. The maximum Gasteiger partial charge on any atom is 0.488 e. The van der Waals surface area contributed by atoms with E-state index in [1.807, 2.05) is 0 Å². The number of nitrogens with zero attached hydrogens (tertiary/aromatic N) is 1. The van der Waals surface area contributed by atoms with Gasteiger partial charge in [0.25, 0.3) is 0 Å². The molecule has 2 N–H and O–H groups in total. The second-order valence-corrected chi connectivity index (χ2v) is 4.91. The molecule has 1 aromatic rings. The van der Waals surface area contributed by atoms with E-state index in [0.717, 1.165) is 0 Å². The Bertz CT molecular complexity index is 455. The average Bonchev–Trinajstić information content (AvgIpc) is 2.58. The Morgan fingerprint density at radius 1 is 1.41 bits per heavy atom. The summed E-state index contributed by atoms with van der Waals surface area (Å²) in [4.78, 5) is 13.1. The average molecular weight is 274 g/mol. The molecular weight excluding hydrogens is 264 g/mol. The highest BCUT2D eigenvalue weighted by Crippen LogP contribution is 2.29. The Labute approximate surface area is 109 Å². The van der Waals surface area contributed by atoms with Crippen molar-refractivity contribution in [3.05, 3.63) is 23.2 Å². The van der Waals surface area contributed by atoms with Gasteiger partial charge in [-0.3, -0.25) is 4.79 Å². The third-order valence-corrected chi connectivity index (χ3v) is 3.25. The maximum atomic E-state index is 11.7. The van der Waals surface area contributed by atoms with Gasteiger partial charge >= 0.3 is 7.12 Å². The van der Waals surface area contributed by atoms with E-state index in [-0.39, 0.29) is 23.2 Å². The number of hydrogen-bond donors (Lipinski definition) is 2. The SMILES string of the molecule is O=C1CC(Cl)CN1c1cc(B(O)O)ccc1Cl. The van der Waals surface area contributed by atoms with E-state index in [2.05, 4.69) is 0 Å². The minimum atomic E-state index is -1.59. The second-order valence-electron chi connectivity index (χ2n) is 3.89. The molecule has 1 aliphatic rings. The highest BCUT2D eigenvalue weighted by molar-refractivity contribution is 6.59. The van der Waals surface area contributed by atoms with Gasteiger partial charge in [-0.2, -0.15) is 0 Å². The molecule has 1 amide bonds. The first-order valence-electron chi connectivity index (χ1n) is 5.09. The van der Waals surface area contributed by atoms with Crippen LogP contribution in [0.2, 0.25) is 5.02 Å². The van der Waals surface area contributed by atoms with E-state index in [0.29, 0.717) is 17.3 Å². The first-order valence-corrected chi connectivity index (χ1v) is 5.90. The van der Waals surface area contributed by atoms with Gasteiger partial charge in [-0.15, -0.1) is 11.6 Å². The summed E-state index contributed by atoms with van der Waals surface area (Å²) in [5, 5.41) is 18.3. The molecule has 0 radical (unpaired) electrons. The molecule has 0 spiro atoms. The summed E-state index contributed by atoms with van der Waals surface area (Å²) in [6.45, 7) is 0.380. The van der Waals surface area contributed by atoms with Gasteiger partial charge in [0.1, 0.15) is 0 Å². The quantitative estimate of drug-likeness (QED) is 0.604. The van der Waals surface area contributed by atoms with E-state index in [4.69, 9.17) is 33.2 Å². The normalized spacial score (nSPS) is 19.9. The van der Waals surface area contributed by atoms with Gasteiger partial charge in [-0.05, 0) is 17.6 Å². The monoisotopic (exact) mass is 273 g/mol. The van der Waals surface area contributed by atoms with Crippen molar-refractivity contribution in [2.75, 3.05) is 11.4 Å². The van der Waals surface area contributed by atoms with Crippen molar-refractivity contribution in [1.29, 1.82) is 0 Å². The molecule has 0 saturated carbocycles. The number of rotatable bonds is 2. The third-order valence-electron chi connectivity index (χ3n) is 2.64. The molecule has 2 rings (SSSR count). The van der Waals surface area contributed by atoms with Crippen LogP contribution in [0.4, 0.5) is 5.69 Å². The molecule has 1 atom stereocenters. The Balaban J connectivity index is 2.37. The van der Waals surface area contributed by atoms with Crippen LogP contribution in [0.25, 0.3) is 0 Å². The molecule has 0 aromatic heterocycles. The molecule has 7 heteroatoms. The van der Waals surface area contributed by atoms with Gasteiger partial charge in [-0.25, -0.2) is 0 Å². The number of carbonyl (C=O) groups is 1. The smallest absolute Gasteiger partial charge is 0.423 e. The van der Waals surface area contributed by atoms with Crippen LogP contribution in [-0.2, 0) is 4.79 Å². The van der Waals surface area contributed by atoms with Crippen molar-refractivity contribution < 1.29 is 14.8 Å². The van der Waals surface area contributed by atoms with Gasteiger partial charge in [0, 0.05) is 13.0 Å². The number of anilines is 1. The number of amides is 1. The molecule has 1 fully saturated rings. The van der Waals surface area contributed by atoms with Crippen molar-refractivity contribution in [2.24, 2.45) is 0 Å². The number of hydrogen-bond acceptors (Lipinski definition) is 3. The maximum absolute atomic E-state index is 11.7. The largest absolute Gasteiger partial charge is 0.488 e. The van der Waals surface area contributed by atoms with Crippen molar-refractivity contribution in [1.82, 2.24) is 0 Å². The summed E-state index contributed by atoms with van der Waals surface area (Å²) in [7, 11) is -1.59. The first-order chi connectivity index (χ1) is 7.99. The van der Waals surface area contributed by atoms with Crippen LogP contribution in [0.3, 0.4) is 0 Å². The lowest BCUT2D eigenvalue weighted by atomic mass is 9.80. The van der Waals surface area contributed by atoms with E-state index in [9.17, 15) is 4.79 Å². The van der Waals surface area contributed by atoms with Gasteiger partial charge in [0.05, 0.1) is 16.1 Å². The molecule has 4 nitrogen and oxygen atoms in total. The summed E-state index contributed by atoms with van der Waals surface area (Å²) < 4.78 is 0. The van der Waals surface area contributed by atoms with Crippen molar-refractivity contribution in [3.8, 4) is 0 Å². The lowest BCUT2D eigenvalue weighted by Crippen LogP contribution is -2.32. The second kappa shape index (κ2) is 4.86. The van der Waals surface area contributed by atoms with Gasteiger partial charge < -0.3 is 14.9 Å². The minimum Gasteiger partial charge on any atom is -0.423 e. The molecule has 1 aliphatic heterocycles. The summed E-state index contributed by atoms with van der Waals surface area (Å²) >= 11 is 11.9. The molecule has 1 saturated heterocycles. The standard InChI is InChI=1S/C10H10BCl2NO3/c12-7-4-10(15)14(5-7)9-3-6(11(16)17)1-2-8(9)13/h1-3,7,16-17H,4-5H2. The molecule has 1 aromatic carbocycles. The van der Waals surface area contributed by atoms with Crippen molar-refractivity contribution in [2.45, 2.75) is 11.8 Å². The molecule has 1 unspecified atom stereocenters. The van der Waals surface area contributed by atoms with Crippen LogP contribution in [0, 0.1) is 0 Å². The zero-order chi connectivity index (χ0) is 12.6. The zero-order valence-electron chi connectivity index (χ0n) is 8.81. The Kier molecular flexibility index (Phi) is 3.63.